The quantitative estimate of drug-likeness (QED) is 0.680. The fraction of sp³-hybridized carbons (Fsp3) is 0.294. The molecule has 2 N–H and O–H groups in total. The van der Waals surface area contributed by atoms with Crippen LogP contribution in [0.5, 0.6) is 5.75 Å². The summed E-state index contributed by atoms with van der Waals surface area (Å²) in [4.78, 5) is 0.754. The smallest absolute Gasteiger partial charge is 0.119 e. The number of hydrogen-bond donors (Lipinski definition) is 2. The maximum atomic E-state index is 12.1. The molecular weight excluding hydrogens is 334 g/mol. The highest BCUT2D eigenvalue weighted by Crippen LogP contribution is 2.12. The van der Waals surface area contributed by atoms with Crippen LogP contribution < -0.4 is 10.1 Å². The standard InChI is InChI=1S/C17H20ClNO3S/c18-14-6-8-17(9-7-14)23(21)11-10-19-12-15(20)13-22-16-4-2-1-3-5-16/h1-9,15,19-20H,10-13H2/t15-,23+/m0/s1. The van der Waals surface area contributed by atoms with E-state index in [2.05, 4.69) is 5.32 Å². The zero-order valence-electron chi connectivity index (χ0n) is 12.7. The van der Waals surface area contributed by atoms with Gasteiger partial charge in [-0.3, -0.25) is 4.21 Å². The van der Waals surface area contributed by atoms with E-state index in [1.165, 1.54) is 0 Å². The Kier molecular flexibility index (Phi) is 7.55. The molecule has 2 atom stereocenters. The first-order valence-corrected chi connectivity index (χ1v) is 9.05. The molecule has 4 nitrogen and oxygen atoms in total. The van der Waals surface area contributed by atoms with Crippen LogP contribution in [0.4, 0.5) is 0 Å². The zero-order valence-corrected chi connectivity index (χ0v) is 14.2. The molecule has 0 saturated carbocycles. The highest BCUT2D eigenvalue weighted by Gasteiger charge is 2.07. The lowest BCUT2D eigenvalue weighted by atomic mass is 10.3. The number of para-hydroxylation sites is 1. The van der Waals surface area contributed by atoms with Crippen LogP contribution in [0.15, 0.2) is 59.5 Å². The van der Waals surface area contributed by atoms with Gasteiger partial charge in [-0.15, -0.1) is 0 Å². The number of halogens is 1. The Morgan fingerprint density at radius 2 is 1.83 bits per heavy atom. The first-order chi connectivity index (χ1) is 11.1. The molecule has 0 bridgehead atoms. The van der Waals surface area contributed by atoms with E-state index in [4.69, 9.17) is 16.3 Å². The van der Waals surface area contributed by atoms with E-state index < -0.39 is 16.9 Å². The Balaban J connectivity index is 1.61. The fourth-order valence-electron chi connectivity index (χ4n) is 1.91. The van der Waals surface area contributed by atoms with Crippen molar-refractivity contribution < 1.29 is 14.1 Å². The van der Waals surface area contributed by atoms with Crippen molar-refractivity contribution in [1.29, 1.82) is 0 Å². The highest BCUT2D eigenvalue weighted by atomic mass is 35.5. The fourth-order valence-corrected chi connectivity index (χ4v) is 3.04. The second-order valence-electron chi connectivity index (χ2n) is 4.99. The van der Waals surface area contributed by atoms with Gasteiger partial charge in [0.05, 0.1) is 10.8 Å². The van der Waals surface area contributed by atoms with Gasteiger partial charge in [-0.05, 0) is 36.4 Å². The molecule has 124 valence electrons. The number of rotatable bonds is 9. The van der Waals surface area contributed by atoms with Crippen molar-refractivity contribution in [3.8, 4) is 5.75 Å². The number of nitrogens with one attached hydrogen (secondary N) is 1. The minimum atomic E-state index is -1.07. The molecule has 0 spiro atoms. The van der Waals surface area contributed by atoms with Crippen molar-refractivity contribution in [2.24, 2.45) is 0 Å². The third-order valence-corrected chi connectivity index (χ3v) is 4.73. The summed E-state index contributed by atoms with van der Waals surface area (Å²) in [5.74, 6) is 1.21. The summed E-state index contributed by atoms with van der Waals surface area (Å²) in [5, 5.41) is 13.6. The Morgan fingerprint density at radius 3 is 2.52 bits per heavy atom. The summed E-state index contributed by atoms with van der Waals surface area (Å²) in [7, 11) is -1.07. The minimum absolute atomic E-state index is 0.220. The Morgan fingerprint density at radius 1 is 1.13 bits per heavy atom. The lowest BCUT2D eigenvalue weighted by Gasteiger charge is -2.13. The van der Waals surface area contributed by atoms with Gasteiger partial charge in [-0.25, -0.2) is 0 Å². The summed E-state index contributed by atoms with van der Waals surface area (Å²) >= 11 is 5.80. The van der Waals surface area contributed by atoms with Gasteiger partial charge in [0.1, 0.15) is 18.5 Å². The molecule has 0 aromatic heterocycles. The van der Waals surface area contributed by atoms with Crippen molar-refractivity contribution in [3.63, 3.8) is 0 Å². The van der Waals surface area contributed by atoms with Crippen LogP contribution in [-0.2, 0) is 10.8 Å². The predicted molar refractivity (Wildman–Crippen MR) is 93.5 cm³/mol. The molecule has 0 aliphatic carbocycles. The zero-order chi connectivity index (χ0) is 16.5. The predicted octanol–water partition coefficient (Wildman–Crippen LogP) is 2.48. The van der Waals surface area contributed by atoms with Crippen LogP contribution in [0.3, 0.4) is 0 Å². The summed E-state index contributed by atoms with van der Waals surface area (Å²) < 4.78 is 17.5. The number of benzene rings is 2. The number of hydrogen-bond acceptors (Lipinski definition) is 4. The molecule has 6 heteroatoms. The molecule has 0 aliphatic heterocycles. The third-order valence-electron chi connectivity index (χ3n) is 3.11. The molecule has 2 aromatic rings. The SMILES string of the molecule is O=[S@](CCNC[C@H](O)COc1ccccc1)c1ccc(Cl)cc1. The molecule has 23 heavy (non-hydrogen) atoms. The van der Waals surface area contributed by atoms with E-state index in [0.29, 0.717) is 23.9 Å². The molecule has 0 amide bonds. The minimum Gasteiger partial charge on any atom is -0.491 e. The van der Waals surface area contributed by atoms with Gasteiger partial charge >= 0.3 is 0 Å². The topological polar surface area (TPSA) is 58.6 Å². The maximum absolute atomic E-state index is 12.1. The molecule has 0 radical (unpaired) electrons. The van der Waals surface area contributed by atoms with Crippen molar-refractivity contribution in [2.45, 2.75) is 11.0 Å². The maximum Gasteiger partial charge on any atom is 0.119 e. The molecule has 2 aromatic carbocycles. The number of aliphatic hydroxyl groups is 1. The van der Waals surface area contributed by atoms with Gasteiger partial charge in [-0.2, -0.15) is 0 Å². The number of ether oxygens (including phenoxy) is 1. The molecule has 0 aliphatic rings. The van der Waals surface area contributed by atoms with Crippen LogP contribution in [-0.4, -0.2) is 40.9 Å². The van der Waals surface area contributed by atoms with Crippen LogP contribution >= 0.6 is 11.6 Å². The van der Waals surface area contributed by atoms with Gasteiger partial charge in [-0.1, -0.05) is 29.8 Å². The van der Waals surface area contributed by atoms with E-state index in [0.717, 1.165) is 10.6 Å². The van der Waals surface area contributed by atoms with Crippen molar-refractivity contribution >= 4 is 22.4 Å². The summed E-state index contributed by atoms with van der Waals surface area (Å²) in [6.45, 7) is 1.17. The van der Waals surface area contributed by atoms with E-state index in [9.17, 15) is 9.32 Å². The van der Waals surface area contributed by atoms with Gasteiger partial charge in [0.15, 0.2) is 0 Å². The lowest BCUT2D eigenvalue weighted by molar-refractivity contribution is 0.107. The van der Waals surface area contributed by atoms with Crippen molar-refractivity contribution in [1.82, 2.24) is 5.32 Å². The van der Waals surface area contributed by atoms with Gasteiger partial charge in [0, 0.05) is 28.8 Å². The Hall–Kier alpha value is -1.40. The van der Waals surface area contributed by atoms with Crippen LogP contribution in [0.1, 0.15) is 0 Å². The van der Waals surface area contributed by atoms with Gasteiger partial charge < -0.3 is 15.2 Å². The molecule has 0 heterocycles. The molecular formula is C17H20ClNO3S. The Bertz CT molecular complexity index is 607. The first kappa shape index (κ1) is 17.9. The van der Waals surface area contributed by atoms with Crippen molar-refractivity contribution in [2.75, 3.05) is 25.4 Å². The average molecular weight is 354 g/mol. The summed E-state index contributed by atoms with van der Waals surface area (Å²) in [5.41, 5.74) is 0. The normalized spacial score (nSPS) is 13.5. The van der Waals surface area contributed by atoms with E-state index in [-0.39, 0.29) is 6.61 Å². The summed E-state index contributed by atoms with van der Waals surface area (Å²) in [6.07, 6.45) is -0.612. The largest absolute Gasteiger partial charge is 0.491 e. The van der Waals surface area contributed by atoms with Crippen molar-refractivity contribution in [3.05, 3.63) is 59.6 Å². The average Bonchev–Trinajstić information content (AvgIpc) is 2.58. The van der Waals surface area contributed by atoms with Crippen LogP contribution in [0.2, 0.25) is 5.02 Å². The van der Waals surface area contributed by atoms with E-state index in [1.54, 1.807) is 24.3 Å². The van der Waals surface area contributed by atoms with E-state index in [1.807, 2.05) is 30.3 Å². The first-order valence-electron chi connectivity index (χ1n) is 7.36. The Labute approximate surface area is 143 Å². The highest BCUT2D eigenvalue weighted by molar-refractivity contribution is 7.85. The number of aliphatic hydroxyl groups excluding tert-OH is 1. The van der Waals surface area contributed by atoms with Gasteiger partial charge in [0.25, 0.3) is 0 Å². The molecule has 0 fully saturated rings. The van der Waals surface area contributed by atoms with E-state index >= 15 is 0 Å². The lowest BCUT2D eigenvalue weighted by Crippen LogP contribution is -2.33. The molecule has 2 rings (SSSR count). The van der Waals surface area contributed by atoms with Gasteiger partial charge in [0.2, 0.25) is 0 Å². The third kappa shape index (κ3) is 6.71. The summed E-state index contributed by atoms with van der Waals surface area (Å²) in [6, 6.07) is 16.3. The second kappa shape index (κ2) is 9.67. The second-order valence-corrected chi connectivity index (χ2v) is 6.99. The monoisotopic (exact) mass is 353 g/mol. The molecule has 0 unspecified atom stereocenters. The molecule has 0 saturated heterocycles. The van der Waals surface area contributed by atoms with Crippen LogP contribution in [0, 0.1) is 0 Å². The van der Waals surface area contributed by atoms with Crippen LogP contribution in [0.25, 0.3) is 0 Å².